The lowest BCUT2D eigenvalue weighted by molar-refractivity contribution is -0.147. The number of hydrogen-bond acceptors (Lipinski definition) is 6. The number of nitrogens with zero attached hydrogens (tertiary/aromatic N) is 1. The number of esters is 2. The van der Waals surface area contributed by atoms with Gasteiger partial charge in [0.25, 0.3) is 0 Å². The monoisotopic (exact) mass is 444 g/mol. The van der Waals surface area contributed by atoms with Crippen LogP contribution in [0.2, 0.25) is 5.02 Å². The number of hydrogen-bond donors (Lipinski definition) is 0. The minimum absolute atomic E-state index is 0.346. The van der Waals surface area contributed by atoms with Crippen LogP contribution in [0.15, 0.2) is 60.7 Å². The highest BCUT2D eigenvalue weighted by molar-refractivity contribution is 7.14. The summed E-state index contributed by atoms with van der Waals surface area (Å²) < 4.78 is 32.3. The maximum Gasteiger partial charge on any atom is 0.344 e. The van der Waals surface area contributed by atoms with Crippen LogP contribution < -0.4 is 4.74 Å². The van der Waals surface area contributed by atoms with Crippen molar-refractivity contribution in [2.45, 2.75) is 19.0 Å². The maximum atomic E-state index is 12.9. The standard InChI is InChI=1S/C23H20ClNO4S/c1-28-23(27)21(17-9-5-6-10-18(17)24)25-12-11-19-16(14-25)13-20(30-19)29-22(26)15-7-3-2-4-8-15/h2-10,13,21H,11-12,14H2,1H3/t21-/m0/s1/i1D3. The molecule has 0 spiro atoms. The molecule has 0 bridgehead atoms. The van der Waals surface area contributed by atoms with Crippen molar-refractivity contribution in [3.63, 3.8) is 0 Å². The Morgan fingerprint density at radius 3 is 2.70 bits per heavy atom. The SMILES string of the molecule is [2H]C([2H])([2H])OC(=O)[C@H](c1ccccc1Cl)N1CCc2sc(OC(=O)c3ccccc3)cc2C1. The second kappa shape index (κ2) is 9.00. The van der Waals surface area contributed by atoms with E-state index in [4.69, 9.17) is 25.2 Å². The molecule has 154 valence electrons. The van der Waals surface area contributed by atoms with E-state index in [1.54, 1.807) is 54.6 Å². The zero-order valence-electron chi connectivity index (χ0n) is 18.8. The molecule has 0 fully saturated rings. The van der Waals surface area contributed by atoms with Crippen molar-refractivity contribution in [1.29, 1.82) is 0 Å². The van der Waals surface area contributed by atoms with Crippen molar-refractivity contribution in [3.05, 3.63) is 87.3 Å². The van der Waals surface area contributed by atoms with Gasteiger partial charge in [0.2, 0.25) is 0 Å². The number of carbonyl (C=O) groups excluding carboxylic acids is 2. The normalized spacial score (nSPS) is 16.5. The summed E-state index contributed by atoms with van der Waals surface area (Å²) in [6.45, 7) is 0.826. The summed E-state index contributed by atoms with van der Waals surface area (Å²) in [6, 6.07) is 16.3. The number of benzene rings is 2. The number of ether oxygens (including phenoxy) is 2. The molecule has 3 aromatic rings. The molecule has 0 saturated heterocycles. The van der Waals surface area contributed by atoms with Gasteiger partial charge in [-0.05, 0) is 41.8 Å². The van der Waals surface area contributed by atoms with E-state index >= 15 is 0 Å². The van der Waals surface area contributed by atoms with Crippen LogP contribution in [-0.4, -0.2) is 30.4 Å². The summed E-state index contributed by atoms with van der Waals surface area (Å²) in [5, 5.41) is 0.814. The third kappa shape index (κ3) is 4.26. The topological polar surface area (TPSA) is 55.8 Å². The first-order valence-corrected chi connectivity index (χ1v) is 10.5. The van der Waals surface area contributed by atoms with E-state index in [2.05, 4.69) is 0 Å². The Hall–Kier alpha value is -2.67. The van der Waals surface area contributed by atoms with Gasteiger partial charge in [-0.1, -0.05) is 48.0 Å². The van der Waals surface area contributed by atoms with E-state index in [9.17, 15) is 9.59 Å². The number of rotatable bonds is 5. The van der Waals surface area contributed by atoms with Crippen LogP contribution in [-0.2, 0) is 22.5 Å². The van der Waals surface area contributed by atoms with Crippen molar-refractivity contribution in [2.75, 3.05) is 13.6 Å². The van der Waals surface area contributed by atoms with E-state index in [-0.39, 0.29) is 0 Å². The van der Waals surface area contributed by atoms with Gasteiger partial charge in [-0.25, -0.2) is 9.59 Å². The average Bonchev–Trinajstić information content (AvgIpc) is 3.16. The summed E-state index contributed by atoms with van der Waals surface area (Å²) in [4.78, 5) is 28.1. The molecule has 0 amide bonds. The lowest BCUT2D eigenvalue weighted by Crippen LogP contribution is -2.38. The van der Waals surface area contributed by atoms with E-state index in [1.165, 1.54) is 11.3 Å². The van der Waals surface area contributed by atoms with Crippen molar-refractivity contribution in [1.82, 2.24) is 4.90 Å². The summed E-state index contributed by atoms with van der Waals surface area (Å²) >= 11 is 7.73. The number of methoxy groups -OCH3 is 1. The fraction of sp³-hybridized carbons (Fsp3) is 0.217. The second-order valence-electron chi connectivity index (χ2n) is 6.84. The smallest absolute Gasteiger partial charge is 0.344 e. The fourth-order valence-corrected chi connectivity index (χ4v) is 4.80. The molecule has 7 heteroatoms. The van der Waals surface area contributed by atoms with Gasteiger partial charge in [0.15, 0.2) is 5.06 Å². The minimum atomic E-state index is -2.86. The number of fused-ring (bicyclic) bond motifs is 1. The lowest BCUT2D eigenvalue weighted by Gasteiger charge is -2.33. The Bertz CT molecular complexity index is 1170. The van der Waals surface area contributed by atoms with Crippen molar-refractivity contribution >= 4 is 34.9 Å². The molecule has 1 aliphatic rings. The molecule has 0 saturated carbocycles. The van der Waals surface area contributed by atoms with E-state index in [0.717, 1.165) is 10.4 Å². The zero-order valence-corrected chi connectivity index (χ0v) is 17.4. The predicted molar refractivity (Wildman–Crippen MR) is 116 cm³/mol. The first kappa shape index (κ1) is 17.1. The van der Waals surface area contributed by atoms with Gasteiger partial charge in [-0.15, -0.1) is 11.3 Å². The van der Waals surface area contributed by atoms with Crippen molar-refractivity contribution in [3.8, 4) is 5.06 Å². The molecular weight excluding hydrogens is 422 g/mol. The molecule has 5 nitrogen and oxygen atoms in total. The van der Waals surface area contributed by atoms with Crippen LogP contribution in [0.5, 0.6) is 5.06 Å². The lowest BCUT2D eigenvalue weighted by atomic mass is 10.0. The van der Waals surface area contributed by atoms with Crippen molar-refractivity contribution < 1.29 is 23.2 Å². The predicted octanol–water partition coefficient (Wildman–Crippen LogP) is 4.89. The molecule has 0 aliphatic carbocycles. The first-order chi connectivity index (χ1) is 15.7. The van der Waals surface area contributed by atoms with Crippen LogP contribution in [0.1, 0.15) is 36.5 Å². The molecule has 1 aliphatic heterocycles. The van der Waals surface area contributed by atoms with Crippen LogP contribution in [0, 0.1) is 0 Å². The first-order valence-electron chi connectivity index (χ1n) is 10.8. The van der Waals surface area contributed by atoms with Crippen molar-refractivity contribution in [2.24, 2.45) is 0 Å². The van der Waals surface area contributed by atoms with Gasteiger partial charge in [-0.3, -0.25) is 4.90 Å². The van der Waals surface area contributed by atoms with Crippen LogP contribution in [0.25, 0.3) is 0 Å². The van der Waals surface area contributed by atoms with Gasteiger partial charge in [0, 0.05) is 23.0 Å². The second-order valence-corrected chi connectivity index (χ2v) is 8.34. The van der Waals surface area contributed by atoms with Gasteiger partial charge in [-0.2, -0.15) is 0 Å². The highest BCUT2D eigenvalue weighted by atomic mass is 35.5. The van der Waals surface area contributed by atoms with E-state index in [1.807, 2.05) is 11.0 Å². The molecule has 4 rings (SSSR count). The molecule has 0 unspecified atom stereocenters. The summed E-state index contributed by atoms with van der Waals surface area (Å²) in [5.41, 5.74) is 1.83. The fourth-order valence-electron chi connectivity index (χ4n) is 3.55. The number of thiophene rings is 1. The Labute approximate surface area is 188 Å². The molecule has 30 heavy (non-hydrogen) atoms. The van der Waals surface area contributed by atoms with Gasteiger partial charge >= 0.3 is 11.9 Å². The molecule has 0 radical (unpaired) electrons. The summed E-state index contributed by atoms with van der Waals surface area (Å²) in [6.07, 6.45) is 0.602. The Morgan fingerprint density at radius 1 is 1.17 bits per heavy atom. The average molecular weight is 445 g/mol. The third-order valence-electron chi connectivity index (χ3n) is 4.97. The maximum absolute atomic E-state index is 12.9. The van der Waals surface area contributed by atoms with Gasteiger partial charge in [0.05, 0.1) is 16.7 Å². The Kier molecular flexibility index (Phi) is 5.12. The number of carbonyl (C=O) groups is 2. The van der Waals surface area contributed by atoms with Gasteiger partial charge < -0.3 is 9.47 Å². The summed E-state index contributed by atoms with van der Waals surface area (Å²) in [5.74, 6) is -1.33. The highest BCUT2D eigenvalue weighted by Gasteiger charge is 2.33. The molecule has 0 N–H and O–H groups in total. The molecular formula is C23H20ClNO4S. The molecule has 1 atom stereocenters. The third-order valence-corrected chi connectivity index (χ3v) is 6.42. The molecule has 2 heterocycles. The van der Waals surface area contributed by atoms with Crippen LogP contribution in [0.3, 0.4) is 0 Å². The quantitative estimate of drug-likeness (QED) is 0.524. The molecule has 2 aromatic carbocycles. The summed E-state index contributed by atoms with van der Waals surface area (Å²) in [7, 11) is -2.86. The Balaban J connectivity index is 1.56. The van der Waals surface area contributed by atoms with E-state index in [0.29, 0.717) is 40.7 Å². The Morgan fingerprint density at radius 2 is 1.93 bits per heavy atom. The number of halogens is 1. The molecule has 1 aromatic heterocycles. The van der Waals surface area contributed by atoms with Gasteiger partial charge in [0.1, 0.15) is 6.04 Å². The van der Waals surface area contributed by atoms with Crippen LogP contribution >= 0.6 is 22.9 Å². The van der Waals surface area contributed by atoms with Crippen LogP contribution in [0.4, 0.5) is 0 Å². The largest absolute Gasteiger partial charge is 0.468 e. The van der Waals surface area contributed by atoms with E-state index < -0.39 is 25.0 Å². The highest BCUT2D eigenvalue weighted by Crippen LogP contribution is 2.38. The minimum Gasteiger partial charge on any atom is -0.468 e. The zero-order chi connectivity index (χ0) is 23.6.